The van der Waals surface area contributed by atoms with Crippen molar-refractivity contribution in [3.05, 3.63) is 83.9 Å². The molecule has 0 fully saturated rings. The zero-order chi connectivity index (χ0) is 20.0. The molecule has 28 heavy (non-hydrogen) atoms. The van der Waals surface area contributed by atoms with Crippen LogP contribution in [-0.4, -0.2) is 22.0 Å². The van der Waals surface area contributed by atoms with Gasteiger partial charge >= 0.3 is 5.97 Å². The van der Waals surface area contributed by atoms with E-state index in [2.05, 4.69) is 23.3 Å². The molecule has 0 heterocycles. The zero-order valence-electron chi connectivity index (χ0n) is 15.5. The molecule has 0 amide bonds. The molecule has 3 rings (SSSR count). The third-order valence-corrected chi connectivity index (χ3v) is 6.18. The van der Waals surface area contributed by atoms with Crippen LogP contribution in [0.5, 0.6) is 0 Å². The summed E-state index contributed by atoms with van der Waals surface area (Å²) in [5, 5.41) is 14.2. The number of aliphatic carboxylic acids is 1. The van der Waals surface area contributed by atoms with Gasteiger partial charge in [0.25, 0.3) is 7.52 Å². The molecule has 3 aromatic carbocycles. The van der Waals surface area contributed by atoms with Crippen LogP contribution >= 0.6 is 7.52 Å². The predicted molar refractivity (Wildman–Crippen MR) is 111 cm³/mol. The topological polar surface area (TPSA) is 86.6 Å². The van der Waals surface area contributed by atoms with E-state index in [9.17, 15) is 19.4 Å². The maximum atomic E-state index is 12.5. The molecule has 2 atom stereocenters. The van der Waals surface area contributed by atoms with E-state index in [4.69, 9.17) is 0 Å². The Hall–Kier alpha value is -2.46. The average molecular weight is 397 g/mol. The van der Waals surface area contributed by atoms with Crippen molar-refractivity contribution in [2.75, 3.05) is 0 Å². The number of aryl methyl sites for hydroxylation is 1. The SMILES string of the molecule is O=C(O)C(CCCc1ccc2ccccc2c1)NP(=O)(O)Cc1ccccc1. The number of hydrogen-bond acceptors (Lipinski definition) is 2. The van der Waals surface area contributed by atoms with Gasteiger partial charge in [-0.15, -0.1) is 0 Å². The third kappa shape index (κ3) is 5.77. The molecule has 3 N–H and O–H groups in total. The predicted octanol–water partition coefficient (Wildman–Crippen LogP) is 4.59. The van der Waals surface area contributed by atoms with Crippen molar-refractivity contribution < 1.29 is 19.4 Å². The molecule has 0 spiro atoms. The first-order valence-corrected chi connectivity index (χ1v) is 11.1. The number of fused-ring (bicyclic) bond motifs is 1. The van der Waals surface area contributed by atoms with Gasteiger partial charge in [0.05, 0.1) is 6.16 Å². The molecule has 146 valence electrons. The fourth-order valence-electron chi connectivity index (χ4n) is 3.27. The monoisotopic (exact) mass is 397 g/mol. The minimum absolute atomic E-state index is 0.0949. The molecule has 3 aromatic rings. The summed E-state index contributed by atoms with van der Waals surface area (Å²) in [7, 11) is -3.80. The van der Waals surface area contributed by atoms with E-state index in [1.807, 2.05) is 30.3 Å². The van der Waals surface area contributed by atoms with Crippen LogP contribution in [0, 0.1) is 0 Å². The lowest BCUT2D eigenvalue weighted by Crippen LogP contribution is -2.34. The summed E-state index contributed by atoms with van der Waals surface area (Å²) in [5.74, 6) is -1.11. The van der Waals surface area contributed by atoms with Crippen molar-refractivity contribution in [1.29, 1.82) is 0 Å². The number of hydrogen-bond donors (Lipinski definition) is 3. The second-order valence-corrected chi connectivity index (χ2v) is 8.92. The first-order valence-electron chi connectivity index (χ1n) is 9.27. The van der Waals surface area contributed by atoms with Crippen LogP contribution in [0.3, 0.4) is 0 Å². The second kappa shape index (κ2) is 9.16. The number of nitrogens with one attached hydrogen (secondary N) is 1. The molecule has 0 aliphatic heterocycles. The second-order valence-electron chi connectivity index (χ2n) is 6.94. The summed E-state index contributed by atoms with van der Waals surface area (Å²) in [6.45, 7) is 0. The minimum atomic E-state index is -3.80. The summed E-state index contributed by atoms with van der Waals surface area (Å²) in [6.07, 6.45) is 1.50. The Bertz CT molecular complexity index is 990. The van der Waals surface area contributed by atoms with Crippen molar-refractivity contribution in [2.24, 2.45) is 0 Å². The van der Waals surface area contributed by atoms with Crippen LogP contribution in [0.25, 0.3) is 10.8 Å². The Labute approximate surface area is 164 Å². The number of rotatable bonds is 9. The van der Waals surface area contributed by atoms with E-state index in [1.54, 1.807) is 24.3 Å². The van der Waals surface area contributed by atoms with Gasteiger partial charge in [-0.1, -0.05) is 72.8 Å². The summed E-state index contributed by atoms with van der Waals surface area (Å²) in [4.78, 5) is 21.8. The van der Waals surface area contributed by atoms with Gasteiger partial charge in [0.2, 0.25) is 0 Å². The van der Waals surface area contributed by atoms with Gasteiger partial charge in [0, 0.05) is 0 Å². The van der Waals surface area contributed by atoms with Crippen molar-refractivity contribution in [3.63, 3.8) is 0 Å². The number of carboxylic acid groups (broad SMARTS) is 1. The maximum Gasteiger partial charge on any atom is 0.321 e. The molecule has 6 heteroatoms. The zero-order valence-corrected chi connectivity index (χ0v) is 16.4. The highest BCUT2D eigenvalue weighted by Crippen LogP contribution is 2.40. The fraction of sp³-hybridized carbons (Fsp3) is 0.227. The van der Waals surface area contributed by atoms with Gasteiger partial charge in [-0.3, -0.25) is 9.36 Å². The minimum Gasteiger partial charge on any atom is -0.480 e. The van der Waals surface area contributed by atoms with Gasteiger partial charge in [0.15, 0.2) is 0 Å². The highest BCUT2D eigenvalue weighted by Gasteiger charge is 2.27. The van der Waals surface area contributed by atoms with E-state index in [0.717, 1.165) is 10.9 Å². The van der Waals surface area contributed by atoms with Crippen LogP contribution in [0.4, 0.5) is 0 Å². The molecule has 0 radical (unpaired) electrons. The molecule has 0 saturated carbocycles. The molecule has 5 nitrogen and oxygen atoms in total. The first kappa shape index (κ1) is 20.3. The summed E-state index contributed by atoms with van der Waals surface area (Å²) < 4.78 is 12.5. The summed E-state index contributed by atoms with van der Waals surface area (Å²) in [6, 6.07) is 22.1. The maximum absolute atomic E-state index is 12.5. The smallest absolute Gasteiger partial charge is 0.321 e. The van der Waals surface area contributed by atoms with Gasteiger partial charge < -0.3 is 10.00 Å². The van der Waals surface area contributed by atoms with Crippen LogP contribution in [0.15, 0.2) is 72.8 Å². The largest absolute Gasteiger partial charge is 0.480 e. The van der Waals surface area contributed by atoms with Gasteiger partial charge in [-0.2, -0.15) is 0 Å². The van der Waals surface area contributed by atoms with Crippen molar-refractivity contribution in [3.8, 4) is 0 Å². The Balaban J connectivity index is 1.58. The Kier molecular flexibility index (Phi) is 6.63. The van der Waals surface area contributed by atoms with Gasteiger partial charge in [-0.05, 0) is 41.2 Å². The Morgan fingerprint density at radius 1 is 0.929 bits per heavy atom. The lowest BCUT2D eigenvalue weighted by Gasteiger charge is -2.19. The molecule has 0 aliphatic carbocycles. The number of carboxylic acids is 1. The third-order valence-electron chi connectivity index (χ3n) is 4.67. The van der Waals surface area contributed by atoms with Crippen molar-refractivity contribution in [2.45, 2.75) is 31.5 Å². The van der Waals surface area contributed by atoms with Crippen LogP contribution in [0.1, 0.15) is 24.0 Å². The molecule has 0 bridgehead atoms. The standard InChI is InChI=1S/C22H24NO4P/c24-22(25)21(23-28(26,27)16-18-7-2-1-3-8-18)12-6-9-17-13-14-19-10-4-5-11-20(19)15-17/h1-5,7-8,10-11,13-15,21H,6,9,12,16H2,(H,24,25)(H2,23,26,27). The van der Waals surface area contributed by atoms with Gasteiger partial charge in [-0.25, -0.2) is 5.09 Å². The van der Waals surface area contributed by atoms with E-state index in [0.29, 0.717) is 18.4 Å². The van der Waals surface area contributed by atoms with E-state index >= 15 is 0 Å². The van der Waals surface area contributed by atoms with Crippen molar-refractivity contribution in [1.82, 2.24) is 5.09 Å². The van der Waals surface area contributed by atoms with Crippen LogP contribution in [0.2, 0.25) is 0 Å². The summed E-state index contributed by atoms with van der Waals surface area (Å²) in [5.41, 5.74) is 1.82. The molecule has 0 saturated heterocycles. The quantitative estimate of drug-likeness (QED) is 0.460. The highest BCUT2D eigenvalue weighted by molar-refractivity contribution is 7.55. The fourth-order valence-corrected chi connectivity index (χ4v) is 4.79. The van der Waals surface area contributed by atoms with E-state index in [-0.39, 0.29) is 12.6 Å². The number of benzene rings is 3. The lowest BCUT2D eigenvalue weighted by molar-refractivity contribution is -0.139. The van der Waals surface area contributed by atoms with Crippen LogP contribution in [-0.2, 0) is 21.9 Å². The molecule has 0 aromatic heterocycles. The Morgan fingerprint density at radius 3 is 2.32 bits per heavy atom. The molecule has 2 unspecified atom stereocenters. The van der Waals surface area contributed by atoms with Crippen LogP contribution < -0.4 is 5.09 Å². The number of carbonyl (C=O) groups is 1. The van der Waals surface area contributed by atoms with E-state index < -0.39 is 19.5 Å². The van der Waals surface area contributed by atoms with E-state index in [1.165, 1.54) is 5.39 Å². The highest BCUT2D eigenvalue weighted by atomic mass is 31.2. The molecular weight excluding hydrogens is 373 g/mol. The first-order chi connectivity index (χ1) is 13.4. The van der Waals surface area contributed by atoms with Gasteiger partial charge in [0.1, 0.15) is 6.04 Å². The summed E-state index contributed by atoms with van der Waals surface area (Å²) >= 11 is 0. The Morgan fingerprint density at radius 2 is 1.61 bits per heavy atom. The molecule has 0 aliphatic rings. The molecular formula is C22H24NO4P. The normalized spacial score (nSPS) is 14.5. The van der Waals surface area contributed by atoms with Crippen molar-refractivity contribution >= 4 is 24.3 Å². The average Bonchev–Trinajstić information content (AvgIpc) is 2.67. The lowest BCUT2D eigenvalue weighted by atomic mass is 10.0.